The number of nitrogens with zero attached hydrogens (tertiary/aromatic N) is 3. The average Bonchev–Trinajstić information content (AvgIpc) is 2.31. The maximum absolute atomic E-state index is 11.1. The Balaban J connectivity index is 4.15. The lowest BCUT2D eigenvalue weighted by atomic mass is 10.0. The van der Waals surface area contributed by atoms with Crippen LogP contribution in [0.3, 0.4) is 0 Å². The highest BCUT2D eigenvalue weighted by atomic mass is 16.5. The Hall–Kier alpha value is -1.26. The summed E-state index contributed by atoms with van der Waals surface area (Å²) in [6, 6.07) is -0.727. The fourth-order valence-electron chi connectivity index (χ4n) is 1.40. The fraction of sp³-hybridized carbons (Fsp3) is 0.900. The summed E-state index contributed by atoms with van der Waals surface area (Å²) in [5, 5.41) is 12.9. The number of carbonyl (C=O) groups excluding carboxylic acids is 1. The van der Waals surface area contributed by atoms with Gasteiger partial charge in [0.25, 0.3) is 0 Å². The van der Waals surface area contributed by atoms with Crippen LogP contribution < -0.4 is 0 Å². The first kappa shape index (κ1) is 14.7. The van der Waals surface area contributed by atoms with Crippen LogP contribution in [-0.4, -0.2) is 30.3 Å². The minimum absolute atomic E-state index is 0.500. The SMILES string of the molecule is CCCCCCC(N=[N+]=[N-])C(O)C(=O)OC. The molecule has 0 fully saturated rings. The highest BCUT2D eigenvalue weighted by Crippen LogP contribution is 2.12. The number of hydrogen-bond donors (Lipinski definition) is 1. The first-order valence-electron chi connectivity index (χ1n) is 5.47. The molecule has 0 saturated carbocycles. The molecule has 0 aromatic heterocycles. The van der Waals surface area contributed by atoms with E-state index < -0.39 is 18.1 Å². The van der Waals surface area contributed by atoms with Crippen molar-refractivity contribution >= 4 is 5.97 Å². The molecular weight excluding hydrogens is 210 g/mol. The molecule has 1 N–H and O–H groups in total. The van der Waals surface area contributed by atoms with Gasteiger partial charge in [-0.25, -0.2) is 4.79 Å². The van der Waals surface area contributed by atoms with Crippen molar-refractivity contribution in [1.29, 1.82) is 0 Å². The van der Waals surface area contributed by atoms with Gasteiger partial charge in [-0.15, -0.1) is 0 Å². The minimum Gasteiger partial charge on any atom is -0.467 e. The topological polar surface area (TPSA) is 95.3 Å². The molecule has 0 aliphatic heterocycles. The van der Waals surface area contributed by atoms with Gasteiger partial charge < -0.3 is 9.84 Å². The molecule has 0 radical (unpaired) electrons. The van der Waals surface area contributed by atoms with Crippen LogP contribution in [0.4, 0.5) is 0 Å². The van der Waals surface area contributed by atoms with Crippen molar-refractivity contribution in [2.45, 2.75) is 51.2 Å². The summed E-state index contributed by atoms with van der Waals surface area (Å²) in [5.41, 5.74) is 8.34. The molecule has 2 unspecified atom stereocenters. The molecular formula is C10H19N3O3. The van der Waals surface area contributed by atoms with Gasteiger partial charge in [-0.05, 0) is 12.0 Å². The van der Waals surface area contributed by atoms with Crippen molar-refractivity contribution in [2.75, 3.05) is 7.11 Å². The quantitative estimate of drug-likeness (QED) is 0.227. The standard InChI is InChI=1S/C10H19N3O3/c1-3-4-5-6-7-8(12-13-11)9(14)10(15)16-2/h8-9,14H,3-7H2,1-2H3. The first-order chi connectivity index (χ1) is 7.67. The maximum Gasteiger partial charge on any atom is 0.335 e. The fourth-order valence-corrected chi connectivity index (χ4v) is 1.40. The second-order valence-corrected chi connectivity index (χ2v) is 3.59. The Kier molecular flexibility index (Phi) is 8.29. The maximum atomic E-state index is 11.1. The molecule has 0 spiro atoms. The third-order valence-electron chi connectivity index (χ3n) is 2.36. The van der Waals surface area contributed by atoms with Crippen LogP contribution in [0.1, 0.15) is 39.0 Å². The van der Waals surface area contributed by atoms with E-state index in [1.807, 2.05) is 0 Å². The zero-order chi connectivity index (χ0) is 12.4. The number of ether oxygens (including phenoxy) is 1. The second-order valence-electron chi connectivity index (χ2n) is 3.59. The number of aliphatic hydroxyl groups is 1. The molecule has 0 bridgehead atoms. The average molecular weight is 229 g/mol. The van der Waals surface area contributed by atoms with Crippen molar-refractivity contribution in [3.63, 3.8) is 0 Å². The lowest BCUT2D eigenvalue weighted by molar-refractivity contribution is -0.151. The molecule has 2 atom stereocenters. The summed E-state index contributed by atoms with van der Waals surface area (Å²) < 4.78 is 4.39. The van der Waals surface area contributed by atoms with Crippen LogP contribution in [-0.2, 0) is 9.53 Å². The predicted octanol–water partition coefficient (Wildman–Crippen LogP) is 2.17. The molecule has 0 aliphatic carbocycles. The van der Waals surface area contributed by atoms with Crippen molar-refractivity contribution < 1.29 is 14.6 Å². The molecule has 0 aliphatic rings. The summed E-state index contributed by atoms with van der Waals surface area (Å²) in [7, 11) is 1.19. The number of methoxy groups -OCH3 is 1. The van der Waals surface area contributed by atoms with E-state index in [0.717, 1.165) is 25.7 Å². The second kappa shape index (κ2) is 9.00. The van der Waals surface area contributed by atoms with Crippen molar-refractivity contribution in [1.82, 2.24) is 0 Å². The van der Waals surface area contributed by atoms with Crippen molar-refractivity contribution in [3.8, 4) is 0 Å². The molecule has 92 valence electrons. The van der Waals surface area contributed by atoms with E-state index in [1.165, 1.54) is 7.11 Å². The molecule has 0 saturated heterocycles. The summed E-state index contributed by atoms with van der Waals surface area (Å²) in [6.45, 7) is 2.09. The Bertz CT molecular complexity index is 252. The summed E-state index contributed by atoms with van der Waals surface area (Å²) >= 11 is 0. The normalized spacial score (nSPS) is 13.7. The van der Waals surface area contributed by atoms with Crippen LogP contribution in [0, 0.1) is 0 Å². The molecule has 6 nitrogen and oxygen atoms in total. The smallest absolute Gasteiger partial charge is 0.335 e. The van der Waals surface area contributed by atoms with E-state index >= 15 is 0 Å². The monoisotopic (exact) mass is 229 g/mol. The number of esters is 1. The van der Waals surface area contributed by atoms with E-state index in [1.54, 1.807) is 0 Å². The van der Waals surface area contributed by atoms with Gasteiger partial charge in [-0.1, -0.05) is 37.7 Å². The van der Waals surface area contributed by atoms with Gasteiger partial charge in [0.1, 0.15) is 0 Å². The number of aliphatic hydroxyl groups excluding tert-OH is 1. The van der Waals surface area contributed by atoms with E-state index in [0.29, 0.717) is 6.42 Å². The molecule has 0 heterocycles. The van der Waals surface area contributed by atoms with Crippen molar-refractivity contribution in [2.24, 2.45) is 5.11 Å². The molecule has 0 aromatic carbocycles. The summed E-state index contributed by atoms with van der Waals surface area (Å²) in [6.07, 6.45) is 3.17. The Labute approximate surface area is 95.2 Å². The zero-order valence-corrected chi connectivity index (χ0v) is 9.80. The van der Waals surface area contributed by atoms with Crippen LogP contribution in [0.25, 0.3) is 10.4 Å². The lowest BCUT2D eigenvalue weighted by Crippen LogP contribution is -2.33. The molecule has 0 aromatic rings. The van der Waals surface area contributed by atoms with Gasteiger partial charge in [0, 0.05) is 4.91 Å². The molecule has 6 heteroatoms. The van der Waals surface area contributed by atoms with Gasteiger partial charge in [-0.2, -0.15) is 0 Å². The van der Waals surface area contributed by atoms with E-state index in [9.17, 15) is 9.90 Å². The van der Waals surface area contributed by atoms with Gasteiger partial charge in [0.2, 0.25) is 0 Å². The van der Waals surface area contributed by atoms with Crippen LogP contribution in [0.15, 0.2) is 5.11 Å². The van der Waals surface area contributed by atoms with E-state index in [4.69, 9.17) is 5.53 Å². The Morgan fingerprint density at radius 1 is 1.50 bits per heavy atom. The number of unbranched alkanes of at least 4 members (excludes halogenated alkanes) is 3. The zero-order valence-electron chi connectivity index (χ0n) is 9.80. The van der Waals surface area contributed by atoms with Gasteiger partial charge in [0.15, 0.2) is 6.10 Å². The minimum atomic E-state index is -1.36. The lowest BCUT2D eigenvalue weighted by Gasteiger charge is -2.15. The van der Waals surface area contributed by atoms with Crippen LogP contribution >= 0.6 is 0 Å². The molecule has 0 rings (SSSR count). The van der Waals surface area contributed by atoms with Crippen LogP contribution in [0.2, 0.25) is 0 Å². The third-order valence-corrected chi connectivity index (χ3v) is 2.36. The number of azide groups is 1. The number of carbonyl (C=O) groups is 1. The highest BCUT2D eigenvalue weighted by Gasteiger charge is 2.25. The van der Waals surface area contributed by atoms with Gasteiger partial charge >= 0.3 is 5.97 Å². The van der Waals surface area contributed by atoms with Gasteiger partial charge in [0.05, 0.1) is 13.2 Å². The molecule has 0 amide bonds. The van der Waals surface area contributed by atoms with E-state index in [2.05, 4.69) is 21.7 Å². The number of hydrogen-bond acceptors (Lipinski definition) is 4. The Morgan fingerprint density at radius 2 is 2.19 bits per heavy atom. The van der Waals surface area contributed by atoms with Crippen LogP contribution in [0.5, 0.6) is 0 Å². The summed E-state index contributed by atoms with van der Waals surface area (Å²) in [5.74, 6) is -0.757. The largest absolute Gasteiger partial charge is 0.467 e. The third kappa shape index (κ3) is 5.58. The predicted molar refractivity (Wildman–Crippen MR) is 59.7 cm³/mol. The van der Waals surface area contributed by atoms with Crippen molar-refractivity contribution in [3.05, 3.63) is 10.4 Å². The molecule has 16 heavy (non-hydrogen) atoms. The summed E-state index contributed by atoms with van der Waals surface area (Å²) in [4.78, 5) is 13.7. The van der Waals surface area contributed by atoms with Gasteiger partial charge in [-0.3, -0.25) is 0 Å². The van der Waals surface area contributed by atoms with E-state index in [-0.39, 0.29) is 0 Å². The number of rotatable bonds is 8. The first-order valence-corrected chi connectivity index (χ1v) is 5.47. The Morgan fingerprint density at radius 3 is 2.69 bits per heavy atom. The highest BCUT2D eigenvalue weighted by molar-refractivity contribution is 5.75.